The number of benzene rings is 1. The van der Waals surface area contributed by atoms with E-state index in [4.69, 9.17) is 4.74 Å². The highest BCUT2D eigenvalue weighted by Crippen LogP contribution is 2.33. The second kappa shape index (κ2) is 4.86. The molecule has 4 heteroatoms. The molecule has 0 bridgehead atoms. The van der Waals surface area contributed by atoms with Gasteiger partial charge in [0.05, 0.1) is 10.2 Å². The zero-order chi connectivity index (χ0) is 12.5. The van der Waals surface area contributed by atoms with Crippen molar-refractivity contribution in [1.29, 1.82) is 0 Å². The number of fused-ring (bicyclic) bond motifs is 1. The van der Waals surface area contributed by atoms with Crippen LogP contribution in [0, 0.1) is 13.8 Å². The molecule has 1 aromatic carbocycles. The summed E-state index contributed by atoms with van der Waals surface area (Å²) in [6, 6.07) is 4.29. The Balaban J connectivity index is 1.88. The molecule has 0 spiro atoms. The van der Waals surface area contributed by atoms with Crippen molar-refractivity contribution in [2.24, 2.45) is 0 Å². The number of piperidine rings is 1. The molecule has 3 nitrogen and oxygen atoms in total. The maximum absolute atomic E-state index is 6.02. The van der Waals surface area contributed by atoms with Crippen LogP contribution in [0.25, 0.3) is 10.2 Å². The topological polar surface area (TPSA) is 34.1 Å². The molecule has 18 heavy (non-hydrogen) atoms. The normalized spacial score (nSPS) is 17.2. The number of rotatable bonds is 2. The van der Waals surface area contributed by atoms with Crippen LogP contribution in [0.5, 0.6) is 5.19 Å². The molecule has 1 N–H and O–H groups in total. The smallest absolute Gasteiger partial charge is 0.274 e. The summed E-state index contributed by atoms with van der Waals surface area (Å²) in [5, 5.41) is 4.18. The summed E-state index contributed by atoms with van der Waals surface area (Å²) < 4.78 is 7.28. The first-order valence-corrected chi connectivity index (χ1v) is 7.30. The van der Waals surface area contributed by atoms with Gasteiger partial charge in [0, 0.05) is 0 Å². The van der Waals surface area contributed by atoms with Crippen LogP contribution in [0.4, 0.5) is 0 Å². The molecule has 2 aromatic rings. The van der Waals surface area contributed by atoms with Gasteiger partial charge in [-0.1, -0.05) is 23.5 Å². The first-order chi connectivity index (χ1) is 8.74. The van der Waals surface area contributed by atoms with Crippen molar-refractivity contribution >= 4 is 21.6 Å². The Morgan fingerprint density at radius 1 is 1.22 bits per heavy atom. The van der Waals surface area contributed by atoms with Crippen molar-refractivity contribution in [3.63, 3.8) is 0 Å². The second-order valence-electron chi connectivity index (χ2n) is 4.92. The zero-order valence-corrected chi connectivity index (χ0v) is 11.6. The predicted octanol–water partition coefficient (Wildman–Crippen LogP) is 3.04. The molecule has 0 unspecified atom stereocenters. The third kappa shape index (κ3) is 2.22. The molecule has 96 valence electrons. The van der Waals surface area contributed by atoms with E-state index in [1.54, 1.807) is 11.3 Å². The molecule has 3 rings (SSSR count). The number of hydrogen-bond donors (Lipinski definition) is 1. The van der Waals surface area contributed by atoms with E-state index in [2.05, 4.69) is 36.3 Å². The Morgan fingerprint density at radius 3 is 2.67 bits per heavy atom. The highest BCUT2D eigenvalue weighted by Gasteiger charge is 2.17. The van der Waals surface area contributed by atoms with E-state index in [-0.39, 0.29) is 0 Å². The van der Waals surface area contributed by atoms with Gasteiger partial charge in [0.15, 0.2) is 0 Å². The van der Waals surface area contributed by atoms with E-state index in [9.17, 15) is 0 Å². The summed E-state index contributed by atoms with van der Waals surface area (Å²) in [7, 11) is 0. The number of aromatic nitrogens is 1. The van der Waals surface area contributed by atoms with E-state index in [0.29, 0.717) is 6.10 Å². The van der Waals surface area contributed by atoms with Crippen molar-refractivity contribution in [2.45, 2.75) is 32.8 Å². The van der Waals surface area contributed by atoms with Crippen LogP contribution in [0.15, 0.2) is 12.1 Å². The van der Waals surface area contributed by atoms with Crippen LogP contribution in [-0.4, -0.2) is 24.2 Å². The molecule has 0 saturated carbocycles. The van der Waals surface area contributed by atoms with Gasteiger partial charge < -0.3 is 10.1 Å². The number of hydrogen-bond acceptors (Lipinski definition) is 4. The van der Waals surface area contributed by atoms with Gasteiger partial charge in [-0.3, -0.25) is 0 Å². The fraction of sp³-hybridized carbons (Fsp3) is 0.500. The lowest BCUT2D eigenvalue weighted by molar-refractivity contribution is 0.162. The largest absolute Gasteiger partial charge is 0.467 e. The minimum atomic E-state index is 0.326. The average Bonchev–Trinajstić information content (AvgIpc) is 2.80. The minimum absolute atomic E-state index is 0.326. The van der Waals surface area contributed by atoms with E-state index in [1.165, 1.54) is 15.8 Å². The maximum atomic E-state index is 6.02. The quantitative estimate of drug-likeness (QED) is 0.903. The van der Waals surface area contributed by atoms with Gasteiger partial charge in [0.2, 0.25) is 0 Å². The van der Waals surface area contributed by atoms with Crippen molar-refractivity contribution in [2.75, 3.05) is 13.1 Å². The van der Waals surface area contributed by atoms with Crippen LogP contribution < -0.4 is 10.1 Å². The fourth-order valence-electron chi connectivity index (χ4n) is 2.35. The van der Waals surface area contributed by atoms with Crippen LogP contribution in [0.2, 0.25) is 0 Å². The Labute approximate surface area is 111 Å². The standard InChI is InChI=1S/C14H18N2OS/c1-9-3-4-10(2)13-12(9)16-14(18-13)17-11-5-7-15-8-6-11/h3-4,11,15H,5-8H2,1-2H3. The van der Waals surface area contributed by atoms with E-state index in [0.717, 1.165) is 36.6 Å². The SMILES string of the molecule is Cc1ccc(C)c2sc(OC3CCNCC3)nc12. The maximum Gasteiger partial charge on any atom is 0.274 e. The van der Waals surface area contributed by atoms with Gasteiger partial charge in [0.25, 0.3) is 5.19 Å². The molecule has 2 heterocycles. The average molecular weight is 262 g/mol. The summed E-state index contributed by atoms with van der Waals surface area (Å²) in [5.41, 5.74) is 3.62. The summed E-state index contributed by atoms with van der Waals surface area (Å²) in [6.45, 7) is 6.34. The van der Waals surface area contributed by atoms with Gasteiger partial charge in [-0.15, -0.1) is 0 Å². The Kier molecular flexibility index (Phi) is 3.22. The van der Waals surface area contributed by atoms with Gasteiger partial charge in [-0.25, -0.2) is 4.98 Å². The van der Waals surface area contributed by atoms with Gasteiger partial charge >= 0.3 is 0 Å². The number of thiazole rings is 1. The lowest BCUT2D eigenvalue weighted by atomic mass is 10.1. The summed E-state index contributed by atoms with van der Waals surface area (Å²) in [6.07, 6.45) is 2.48. The molecule has 0 aliphatic carbocycles. The van der Waals surface area contributed by atoms with E-state index in [1.807, 2.05) is 0 Å². The third-order valence-electron chi connectivity index (χ3n) is 3.48. The van der Waals surface area contributed by atoms with Gasteiger partial charge in [-0.05, 0) is 50.9 Å². The van der Waals surface area contributed by atoms with Crippen molar-refractivity contribution in [3.8, 4) is 5.19 Å². The number of nitrogens with one attached hydrogen (secondary N) is 1. The van der Waals surface area contributed by atoms with Crippen molar-refractivity contribution in [1.82, 2.24) is 10.3 Å². The number of aryl methyl sites for hydroxylation is 2. The summed E-state index contributed by atoms with van der Waals surface area (Å²) >= 11 is 1.68. The monoisotopic (exact) mass is 262 g/mol. The molecule has 1 aliphatic heterocycles. The van der Waals surface area contributed by atoms with Crippen LogP contribution >= 0.6 is 11.3 Å². The van der Waals surface area contributed by atoms with Crippen molar-refractivity contribution in [3.05, 3.63) is 23.3 Å². The van der Waals surface area contributed by atoms with E-state index >= 15 is 0 Å². The van der Waals surface area contributed by atoms with Gasteiger partial charge in [-0.2, -0.15) is 0 Å². The zero-order valence-electron chi connectivity index (χ0n) is 10.8. The molecule has 0 amide bonds. The van der Waals surface area contributed by atoms with Crippen molar-refractivity contribution < 1.29 is 4.74 Å². The Bertz CT molecular complexity index is 519. The molecule has 1 aliphatic rings. The van der Waals surface area contributed by atoms with E-state index < -0.39 is 0 Å². The molecule has 0 atom stereocenters. The van der Waals surface area contributed by atoms with Gasteiger partial charge in [0.1, 0.15) is 6.10 Å². The third-order valence-corrected chi connectivity index (χ3v) is 4.56. The molecule has 1 aromatic heterocycles. The minimum Gasteiger partial charge on any atom is -0.467 e. The highest BCUT2D eigenvalue weighted by atomic mass is 32.1. The lowest BCUT2D eigenvalue weighted by Gasteiger charge is -2.22. The number of nitrogens with zero attached hydrogens (tertiary/aromatic N) is 1. The Morgan fingerprint density at radius 2 is 1.94 bits per heavy atom. The molecule has 1 saturated heterocycles. The molecular formula is C14H18N2OS. The highest BCUT2D eigenvalue weighted by molar-refractivity contribution is 7.20. The second-order valence-corrected chi connectivity index (χ2v) is 5.89. The molecule has 0 radical (unpaired) electrons. The van der Waals surface area contributed by atoms with Crippen LogP contribution in [0.1, 0.15) is 24.0 Å². The first-order valence-electron chi connectivity index (χ1n) is 6.48. The number of ether oxygens (including phenoxy) is 1. The van der Waals surface area contributed by atoms with Crippen LogP contribution in [-0.2, 0) is 0 Å². The molecule has 1 fully saturated rings. The lowest BCUT2D eigenvalue weighted by Crippen LogP contribution is -2.34. The Hall–Kier alpha value is -1.13. The summed E-state index contributed by atoms with van der Waals surface area (Å²) in [5.74, 6) is 0. The van der Waals surface area contributed by atoms with Crippen LogP contribution in [0.3, 0.4) is 0 Å². The first kappa shape index (κ1) is 11.9. The summed E-state index contributed by atoms with van der Waals surface area (Å²) in [4.78, 5) is 4.64. The molecular weight excluding hydrogens is 244 g/mol. The fourth-order valence-corrected chi connectivity index (χ4v) is 3.37. The predicted molar refractivity (Wildman–Crippen MR) is 75.6 cm³/mol.